The molecule has 82 valence electrons. The van der Waals surface area contributed by atoms with Crippen molar-refractivity contribution in [3.63, 3.8) is 0 Å². The Hall–Kier alpha value is -1.83. The van der Waals surface area contributed by atoms with Crippen LogP contribution in [-0.2, 0) is 4.79 Å². The Kier molecular flexibility index (Phi) is 3.20. The fourth-order valence-electron chi connectivity index (χ4n) is 1.80. The predicted molar refractivity (Wildman–Crippen MR) is 64.0 cm³/mol. The minimum Gasteiger partial charge on any atom is -0.512 e. The van der Waals surface area contributed by atoms with Crippen LogP contribution in [0.25, 0.3) is 6.08 Å². The van der Waals surface area contributed by atoms with Gasteiger partial charge >= 0.3 is 0 Å². The van der Waals surface area contributed by atoms with Gasteiger partial charge in [0, 0.05) is 18.4 Å². The van der Waals surface area contributed by atoms with Gasteiger partial charge in [0.25, 0.3) is 0 Å². The summed E-state index contributed by atoms with van der Waals surface area (Å²) in [7, 11) is 0. The fraction of sp³-hybridized carbons (Fsp3) is 0.214. The van der Waals surface area contributed by atoms with E-state index in [0.29, 0.717) is 24.8 Å². The van der Waals surface area contributed by atoms with Crippen molar-refractivity contribution in [2.45, 2.75) is 19.3 Å². The molecule has 0 fully saturated rings. The van der Waals surface area contributed by atoms with Crippen LogP contribution >= 0.6 is 0 Å². The van der Waals surface area contributed by atoms with E-state index < -0.39 is 0 Å². The van der Waals surface area contributed by atoms with Crippen molar-refractivity contribution in [1.82, 2.24) is 0 Å². The second kappa shape index (κ2) is 4.79. The third-order valence-electron chi connectivity index (χ3n) is 2.71. The summed E-state index contributed by atoms with van der Waals surface area (Å²) >= 11 is 0. The smallest absolute Gasteiger partial charge is 0.162 e. The summed E-state index contributed by atoms with van der Waals surface area (Å²) in [5.74, 6) is 0.345. The van der Waals surface area contributed by atoms with Crippen LogP contribution < -0.4 is 0 Å². The molecule has 1 aromatic carbocycles. The Morgan fingerprint density at radius 2 is 1.94 bits per heavy atom. The molecule has 0 atom stereocenters. The van der Waals surface area contributed by atoms with Gasteiger partial charge < -0.3 is 5.11 Å². The second-order valence-corrected chi connectivity index (χ2v) is 3.87. The molecule has 1 aliphatic rings. The fourth-order valence-corrected chi connectivity index (χ4v) is 1.80. The number of benzene rings is 1. The number of hydrogen-bond acceptors (Lipinski definition) is 2. The molecular formula is C14H14O2. The summed E-state index contributed by atoms with van der Waals surface area (Å²) in [6.07, 6.45) is 5.38. The molecule has 0 unspecified atom stereocenters. The van der Waals surface area contributed by atoms with Gasteiger partial charge in [0.2, 0.25) is 0 Å². The van der Waals surface area contributed by atoms with Gasteiger partial charge in [0.15, 0.2) is 5.78 Å². The highest BCUT2D eigenvalue weighted by atomic mass is 16.3. The summed E-state index contributed by atoms with van der Waals surface area (Å²) in [4.78, 5) is 11.4. The number of aliphatic hydroxyl groups is 1. The number of Topliss-reactive ketones (excluding diaryl/α,β-unsaturated/α-hetero) is 1. The standard InChI is InChI=1S/C14H14O2/c15-13-9-10-14(16)12(13)8-4-7-11-5-2-1-3-6-11/h1-7,15H,8-10H2/b7-4+. The lowest BCUT2D eigenvalue weighted by Crippen LogP contribution is -1.94. The summed E-state index contributed by atoms with van der Waals surface area (Å²) < 4.78 is 0. The van der Waals surface area contributed by atoms with Crippen molar-refractivity contribution in [2.75, 3.05) is 0 Å². The Bertz CT molecular complexity index is 441. The van der Waals surface area contributed by atoms with E-state index in [0.717, 1.165) is 5.56 Å². The Balaban J connectivity index is 2.00. The lowest BCUT2D eigenvalue weighted by atomic mass is 10.1. The Labute approximate surface area is 94.9 Å². The zero-order valence-corrected chi connectivity index (χ0v) is 9.02. The number of aliphatic hydroxyl groups excluding tert-OH is 1. The number of ketones is 1. The summed E-state index contributed by atoms with van der Waals surface area (Å²) in [5.41, 5.74) is 1.68. The highest BCUT2D eigenvalue weighted by Gasteiger charge is 2.20. The molecule has 0 spiro atoms. The first-order valence-electron chi connectivity index (χ1n) is 5.43. The molecule has 2 rings (SSSR count). The van der Waals surface area contributed by atoms with E-state index in [1.54, 1.807) is 0 Å². The molecule has 0 amide bonds. The molecule has 1 aromatic rings. The maximum Gasteiger partial charge on any atom is 0.162 e. The third kappa shape index (κ3) is 2.40. The van der Waals surface area contributed by atoms with Crippen molar-refractivity contribution in [1.29, 1.82) is 0 Å². The third-order valence-corrected chi connectivity index (χ3v) is 2.71. The van der Waals surface area contributed by atoms with Crippen molar-refractivity contribution < 1.29 is 9.90 Å². The van der Waals surface area contributed by atoms with Crippen LogP contribution in [0.2, 0.25) is 0 Å². The lowest BCUT2D eigenvalue weighted by molar-refractivity contribution is -0.114. The second-order valence-electron chi connectivity index (χ2n) is 3.87. The molecule has 1 N–H and O–H groups in total. The van der Waals surface area contributed by atoms with Crippen LogP contribution in [0.1, 0.15) is 24.8 Å². The average molecular weight is 214 g/mol. The monoisotopic (exact) mass is 214 g/mol. The maximum absolute atomic E-state index is 11.4. The highest BCUT2D eigenvalue weighted by Crippen LogP contribution is 2.23. The molecular weight excluding hydrogens is 200 g/mol. The van der Waals surface area contributed by atoms with Crippen LogP contribution in [-0.4, -0.2) is 10.9 Å². The molecule has 0 radical (unpaired) electrons. The van der Waals surface area contributed by atoms with Crippen LogP contribution in [0.3, 0.4) is 0 Å². The van der Waals surface area contributed by atoms with Crippen LogP contribution in [0.4, 0.5) is 0 Å². The Morgan fingerprint density at radius 3 is 2.56 bits per heavy atom. The molecule has 0 saturated heterocycles. The molecule has 2 heteroatoms. The molecule has 0 bridgehead atoms. The van der Waals surface area contributed by atoms with E-state index in [2.05, 4.69) is 0 Å². The molecule has 1 aliphatic carbocycles. The lowest BCUT2D eigenvalue weighted by Gasteiger charge is -1.96. The minimum absolute atomic E-state index is 0.0789. The first-order chi connectivity index (χ1) is 7.77. The molecule has 16 heavy (non-hydrogen) atoms. The highest BCUT2D eigenvalue weighted by molar-refractivity contribution is 5.98. The first-order valence-corrected chi connectivity index (χ1v) is 5.43. The number of carbonyl (C=O) groups excluding carboxylic acids is 1. The van der Waals surface area contributed by atoms with Crippen LogP contribution in [0.15, 0.2) is 47.7 Å². The van der Waals surface area contributed by atoms with Gasteiger partial charge in [0.1, 0.15) is 0 Å². The normalized spacial score (nSPS) is 16.4. The van der Waals surface area contributed by atoms with E-state index in [1.165, 1.54) is 0 Å². The van der Waals surface area contributed by atoms with Gasteiger partial charge in [-0.15, -0.1) is 0 Å². The molecule has 0 aliphatic heterocycles. The molecule has 0 saturated carbocycles. The van der Waals surface area contributed by atoms with Gasteiger partial charge in [-0.1, -0.05) is 42.5 Å². The quantitative estimate of drug-likeness (QED) is 0.838. The van der Waals surface area contributed by atoms with Gasteiger partial charge in [-0.3, -0.25) is 4.79 Å². The number of hydrogen-bond donors (Lipinski definition) is 1. The zero-order valence-electron chi connectivity index (χ0n) is 9.02. The van der Waals surface area contributed by atoms with Gasteiger partial charge in [0.05, 0.1) is 5.76 Å². The van der Waals surface area contributed by atoms with Crippen molar-refractivity contribution in [3.05, 3.63) is 53.3 Å². The van der Waals surface area contributed by atoms with E-state index in [4.69, 9.17) is 0 Å². The van der Waals surface area contributed by atoms with Gasteiger partial charge in [-0.05, 0) is 12.0 Å². The minimum atomic E-state index is 0.0789. The molecule has 0 heterocycles. The van der Waals surface area contributed by atoms with Crippen molar-refractivity contribution in [3.8, 4) is 0 Å². The van der Waals surface area contributed by atoms with E-state index in [9.17, 15) is 9.90 Å². The zero-order chi connectivity index (χ0) is 11.4. The summed E-state index contributed by atoms with van der Waals surface area (Å²) in [5, 5.41) is 9.48. The van der Waals surface area contributed by atoms with E-state index >= 15 is 0 Å². The topological polar surface area (TPSA) is 37.3 Å². The molecule has 0 aromatic heterocycles. The van der Waals surface area contributed by atoms with Gasteiger partial charge in [-0.2, -0.15) is 0 Å². The summed E-state index contributed by atoms with van der Waals surface area (Å²) in [6, 6.07) is 9.91. The predicted octanol–water partition coefficient (Wildman–Crippen LogP) is 3.26. The van der Waals surface area contributed by atoms with E-state index in [1.807, 2.05) is 42.5 Å². The first kappa shape index (κ1) is 10.7. The number of allylic oxidation sites excluding steroid dienone is 3. The van der Waals surface area contributed by atoms with Crippen LogP contribution in [0, 0.1) is 0 Å². The largest absolute Gasteiger partial charge is 0.512 e. The number of carbonyl (C=O) groups is 1. The number of rotatable bonds is 3. The van der Waals surface area contributed by atoms with Crippen molar-refractivity contribution in [2.24, 2.45) is 0 Å². The SMILES string of the molecule is O=C1CCC(O)=C1C/C=C/c1ccccc1. The van der Waals surface area contributed by atoms with Gasteiger partial charge in [-0.25, -0.2) is 0 Å². The maximum atomic E-state index is 11.4. The van der Waals surface area contributed by atoms with E-state index in [-0.39, 0.29) is 11.5 Å². The average Bonchev–Trinajstić information content (AvgIpc) is 2.62. The summed E-state index contributed by atoms with van der Waals surface area (Å²) in [6.45, 7) is 0. The van der Waals surface area contributed by atoms with Crippen LogP contribution in [0.5, 0.6) is 0 Å². The Morgan fingerprint density at radius 1 is 1.19 bits per heavy atom. The molecule has 2 nitrogen and oxygen atoms in total. The van der Waals surface area contributed by atoms with Crippen molar-refractivity contribution >= 4 is 11.9 Å².